The number of phenolic OH excluding ortho intramolecular Hbond substituents is 2. The van der Waals surface area contributed by atoms with Crippen LogP contribution >= 0.6 is 0 Å². The van der Waals surface area contributed by atoms with Crippen LogP contribution < -0.4 is 5.32 Å². The normalized spacial score (nSPS) is 22.2. The predicted molar refractivity (Wildman–Crippen MR) is 71.8 cm³/mol. The minimum atomic E-state index is 0.138. The van der Waals surface area contributed by atoms with E-state index in [0.717, 1.165) is 25.2 Å². The largest absolute Gasteiger partial charge is 0.508 e. The van der Waals surface area contributed by atoms with Crippen LogP contribution in [-0.2, 0) is 0 Å². The summed E-state index contributed by atoms with van der Waals surface area (Å²) in [5.41, 5.74) is 0.806. The summed E-state index contributed by atoms with van der Waals surface area (Å²) < 4.78 is 0. The monoisotopic (exact) mass is 250 g/mol. The zero-order valence-electron chi connectivity index (χ0n) is 11.1. The van der Waals surface area contributed by atoms with Gasteiger partial charge in [-0.2, -0.15) is 0 Å². The molecule has 1 aromatic rings. The van der Waals surface area contributed by atoms with Crippen LogP contribution in [-0.4, -0.2) is 41.8 Å². The summed E-state index contributed by atoms with van der Waals surface area (Å²) in [5, 5.41) is 22.6. The van der Waals surface area contributed by atoms with Crippen molar-refractivity contribution >= 4 is 0 Å². The fourth-order valence-corrected chi connectivity index (χ4v) is 2.74. The molecule has 2 atom stereocenters. The van der Waals surface area contributed by atoms with Gasteiger partial charge in [0.15, 0.2) is 0 Å². The van der Waals surface area contributed by atoms with E-state index in [9.17, 15) is 10.2 Å². The summed E-state index contributed by atoms with van der Waals surface area (Å²) in [5.74, 6) is 1.15. The Morgan fingerprint density at radius 1 is 1.44 bits per heavy atom. The third-order valence-electron chi connectivity index (χ3n) is 3.82. The Labute approximate surface area is 108 Å². The number of hydrogen-bond donors (Lipinski definition) is 3. The standard InChI is InChI=1S/C14H22N2O2/c1-10(13-7-12(17)3-4-14(13)18)16-6-5-11(9-16)8-15-2/h3-4,7,10-11,15,17-18H,5-6,8-9H2,1-2H3. The Kier molecular flexibility index (Phi) is 4.09. The summed E-state index contributed by atoms with van der Waals surface area (Å²) in [7, 11) is 1.98. The van der Waals surface area contributed by atoms with E-state index < -0.39 is 0 Å². The van der Waals surface area contributed by atoms with Crippen LogP contribution in [0.4, 0.5) is 0 Å². The van der Waals surface area contributed by atoms with Gasteiger partial charge in [-0.25, -0.2) is 0 Å². The molecule has 1 fully saturated rings. The van der Waals surface area contributed by atoms with E-state index in [1.54, 1.807) is 12.1 Å². The summed E-state index contributed by atoms with van der Waals surface area (Å²) >= 11 is 0. The number of likely N-dealkylation sites (tertiary alicyclic amines) is 1. The van der Waals surface area contributed by atoms with Gasteiger partial charge in [-0.15, -0.1) is 0 Å². The first kappa shape index (κ1) is 13.2. The van der Waals surface area contributed by atoms with Crippen LogP contribution in [0, 0.1) is 5.92 Å². The number of nitrogens with zero attached hydrogens (tertiary/aromatic N) is 1. The van der Waals surface area contributed by atoms with Crippen LogP contribution in [0.1, 0.15) is 24.9 Å². The van der Waals surface area contributed by atoms with Crippen molar-refractivity contribution in [2.75, 3.05) is 26.7 Å². The van der Waals surface area contributed by atoms with Crippen LogP contribution in [0.5, 0.6) is 11.5 Å². The predicted octanol–water partition coefficient (Wildman–Crippen LogP) is 1.70. The minimum absolute atomic E-state index is 0.138. The summed E-state index contributed by atoms with van der Waals surface area (Å²) in [6, 6.07) is 4.87. The van der Waals surface area contributed by atoms with Crippen molar-refractivity contribution in [3.8, 4) is 11.5 Å². The molecule has 1 aromatic carbocycles. The number of rotatable bonds is 4. The van der Waals surface area contributed by atoms with Gasteiger partial charge in [0.25, 0.3) is 0 Å². The lowest BCUT2D eigenvalue weighted by Gasteiger charge is -2.25. The summed E-state index contributed by atoms with van der Waals surface area (Å²) in [4.78, 5) is 2.36. The van der Waals surface area contributed by atoms with Crippen molar-refractivity contribution in [3.05, 3.63) is 23.8 Å². The second-order valence-corrected chi connectivity index (χ2v) is 5.13. The van der Waals surface area contributed by atoms with Gasteiger partial charge in [0.1, 0.15) is 11.5 Å². The third-order valence-corrected chi connectivity index (χ3v) is 3.82. The minimum Gasteiger partial charge on any atom is -0.508 e. The molecule has 2 rings (SSSR count). The zero-order chi connectivity index (χ0) is 13.1. The maximum Gasteiger partial charge on any atom is 0.120 e. The number of phenols is 2. The second-order valence-electron chi connectivity index (χ2n) is 5.13. The van der Waals surface area contributed by atoms with E-state index in [1.807, 2.05) is 7.05 Å². The average Bonchev–Trinajstić information content (AvgIpc) is 2.80. The molecule has 0 radical (unpaired) electrons. The molecule has 4 heteroatoms. The number of benzene rings is 1. The number of nitrogens with one attached hydrogen (secondary N) is 1. The van der Waals surface area contributed by atoms with Crippen LogP contribution in [0.2, 0.25) is 0 Å². The highest BCUT2D eigenvalue weighted by atomic mass is 16.3. The average molecular weight is 250 g/mol. The lowest BCUT2D eigenvalue weighted by atomic mass is 10.1. The molecule has 0 spiro atoms. The van der Waals surface area contributed by atoms with E-state index in [1.165, 1.54) is 12.5 Å². The van der Waals surface area contributed by atoms with E-state index >= 15 is 0 Å². The first-order valence-electron chi connectivity index (χ1n) is 6.52. The van der Waals surface area contributed by atoms with Gasteiger partial charge >= 0.3 is 0 Å². The summed E-state index contributed by atoms with van der Waals surface area (Å²) in [6.07, 6.45) is 1.19. The third kappa shape index (κ3) is 2.76. The van der Waals surface area contributed by atoms with Crippen LogP contribution in [0.15, 0.2) is 18.2 Å². The molecule has 100 valence electrons. The maximum atomic E-state index is 9.88. The molecule has 1 saturated heterocycles. The maximum absolute atomic E-state index is 9.88. The quantitative estimate of drug-likeness (QED) is 0.712. The van der Waals surface area contributed by atoms with E-state index in [0.29, 0.717) is 5.92 Å². The van der Waals surface area contributed by atoms with Crippen molar-refractivity contribution in [1.29, 1.82) is 0 Å². The van der Waals surface area contributed by atoms with Gasteiger partial charge in [0.2, 0.25) is 0 Å². The molecule has 1 heterocycles. The molecule has 0 saturated carbocycles. The Hall–Kier alpha value is -1.26. The first-order valence-corrected chi connectivity index (χ1v) is 6.52. The molecule has 2 unspecified atom stereocenters. The molecular formula is C14H22N2O2. The van der Waals surface area contributed by atoms with Gasteiger partial charge in [-0.3, -0.25) is 4.90 Å². The topological polar surface area (TPSA) is 55.7 Å². The Morgan fingerprint density at radius 3 is 2.94 bits per heavy atom. The molecule has 0 amide bonds. The molecule has 0 aromatic heterocycles. The number of aromatic hydroxyl groups is 2. The number of hydrogen-bond acceptors (Lipinski definition) is 4. The highest BCUT2D eigenvalue weighted by Gasteiger charge is 2.27. The molecule has 3 N–H and O–H groups in total. The molecule has 0 bridgehead atoms. The van der Waals surface area contributed by atoms with Crippen LogP contribution in [0.25, 0.3) is 0 Å². The SMILES string of the molecule is CNCC1CCN(C(C)c2cc(O)ccc2O)C1. The van der Waals surface area contributed by atoms with Crippen LogP contribution in [0.3, 0.4) is 0 Å². The Morgan fingerprint density at radius 2 is 2.22 bits per heavy atom. The fraction of sp³-hybridized carbons (Fsp3) is 0.571. The molecule has 1 aliphatic heterocycles. The van der Waals surface area contributed by atoms with Gasteiger partial charge in [0.05, 0.1) is 0 Å². The van der Waals surface area contributed by atoms with E-state index in [-0.39, 0.29) is 17.5 Å². The van der Waals surface area contributed by atoms with Crippen molar-refractivity contribution in [2.45, 2.75) is 19.4 Å². The Balaban J connectivity index is 2.07. The fourth-order valence-electron chi connectivity index (χ4n) is 2.74. The van der Waals surface area contributed by atoms with E-state index in [2.05, 4.69) is 17.1 Å². The molecule has 18 heavy (non-hydrogen) atoms. The van der Waals surface area contributed by atoms with Gasteiger partial charge < -0.3 is 15.5 Å². The molecule has 1 aliphatic rings. The van der Waals surface area contributed by atoms with E-state index in [4.69, 9.17) is 0 Å². The van der Waals surface area contributed by atoms with Crippen molar-refractivity contribution < 1.29 is 10.2 Å². The lowest BCUT2D eigenvalue weighted by molar-refractivity contribution is 0.247. The molecular weight excluding hydrogens is 228 g/mol. The zero-order valence-corrected chi connectivity index (χ0v) is 11.1. The molecule has 4 nitrogen and oxygen atoms in total. The summed E-state index contributed by atoms with van der Waals surface area (Å²) in [6.45, 7) is 5.20. The van der Waals surface area contributed by atoms with Gasteiger partial charge in [-0.1, -0.05) is 0 Å². The van der Waals surface area contributed by atoms with Crippen molar-refractivity contribution in [1.82, 2.24) is 10.2 Å². The molecule has 0 aliphatic carbocycles. The smallest absolute Gasteiger partial charge is 0.120 e. The highest BCUT2D eigenvalue weighted by Crippen LogP contribution is 2.33. The highest BCUT2D eigenvalue weighted by molar-refractivity contribution is 5.40. The lowest BCUT2D eigenvalue weighted by Crippen LogP contribution is -2.27. The second kappa shape index (κ2) is 5.59. The van der Waals surface area contributed by atoms with Crippen molar-refractivity contribution in [2.24, 2.45) is 5.92 Å². The first-order chi connectivity index (χ1) is 8.61. The van der Waals surface area contributed by atoms with Gasteiger partial charge in [-0.05, 0) is 57.6 Å². The van der Waals surface area contributed by atoms with Crippen molar-refractivity contribution in [3.63, 3.8) is 0 Å². The van der Waals surface area contributed by atoms with Gasteiger partial charge in [0, 0.05) is 18.2 Å². The Bertz CT molecular complexity index is 409.